The second kappa shape index (κ2) is 27.8. The van der Waals surface area contributed by atoms with Gasteiger partial charge in [0.25, 0.3) is 11.8 Å². The molecule has 0 radical (unpaired) electrons. The van der Waals surface area contributed by atoms with Crippen LogP contribution in [0.5, 0.6) is 0 Å². The normalized spacial score (nSPS) is 26.9. The molecule has 2 aromatic rings. The number of aliphatic hydroxyl groups excluding tert-OH is 4. The summed E-state index contributed by atoms with van der Waals surface area (Å²) in [6.07, 6.45) is -12.9. The van der Waals surface area contributed by atoms with Gasteiger partial charge in [-0.05, 0) is 57.7 Å². The van der Waals surface area contributed by atoms with Gasteiger partial charge in [0, 0.05) is 86.5 Å². The van der Waals surface area contributed by atoms with E-state index in [0.717, 1.165) is 49.2 Å². The summed E-state index contributed by atoms with van der Waals surface area (Å²) >= 11 is 0. The third-order valence-electron chi connectivity index (χ3n) is 13.1. The molecule has 10 N–H and O–H groups in total. The van der Waals surface area contributed by atoms with Gasteiger partial charge in [0.15, 0.2) is 18.4 Å². The molecule has 26 nitrogen and oxygen atoms in total. The zero-order valence-corrected chi connectivity index (χ0v) is 44.9. The van der Waals surface area contributed by atoms with Crippen molar-refractivity contribution in [2.75, 3.05) is 44.8 Å². The van der Waals surface area contributed by atoms with Gasteiger partial charge in [0.05, 0.1) is 13.2 Å². The van der Waals surface area contributed by atoms with Crippen molar-refractivity contribution in [3.63, 3.8) is 0 Å². The number of phosphoric ester groups is 1. The lowest BCUT2D eigenvalue weighted by atomic mass is 9.91. The number of aliphatic hydroxyl groups is 4. The molecule has 12 unspecified atom stereocenters. The minimum Gasteiger partial charge on any atom is -0.394 e. The number of carbonyl (C=O) groups excluding carboxylic acids is 7. The summed E-state index contributed by atoms with van der Waals surface area (Å²) in [4.78, 5) is 113. The van der Waals surface area contributed by atoms with Crippen molar-refractivity contribution < 1.29 is 101 Å². The van der Waals surface area contributed by atoms with E-state index in [1.54, 1.807) is 18.2 Å². The number of benzene rings is 2. The first kappa shape index (κ1) is 62.2. The number of ketones is 2. The van der Waals surface area contributed by atoms with Crippen LogP contribution in [-0.4, -0.2) is 183 Å². The SMILES string of the molecule is CCCCNc1ccc2c3c(cccc13)C(=O)N(CCC(=O)NCCCC[C@H](CCC(=O)[C@@H](C)OC1C(NC(C)=O)C(OP(=O)(O)OP(C)(=O)O)OC(CO)C1OC1OC(CO)C(O)C(O)C1NC(C)=O)C(C)=O)C2=O. The van der Waals surface area contributed by atoms with Crippen molar-refractivity contribution in [3.8, 4) is 0 Å². The molecule has 0 aromatic heterocycles. The van der Waals surface area contributed by atoms with Crippen LogP contribution in [0.3, 0.4) is 0 Å². The Labute approximate surface area is 439 Å². The fraction of sp³-hybridized carbons (Fsp3) is 0.646. The summed E-state index contributed by atoms with van der Waals surface area (Å²) in [5, 5.41) is 54.3. The molecular weight excluding hydrogens is 1040 g/mol. The van der Waals surface area contributed by atoms with Gasteiger partial charge in [-0.3, -0.25) is 47.6 Å². The molecule has 0 spiro atoms. The van der Waals surface area contributed by atoms with Crippen LogP contribution < -0.4 is 21.3 Å². The molecule has 3 aliphatic rings. The molecule has 14 atom stereocenters. The largest absolute Gasteiger partial charge is 0.481 e. The third kappa shape index (κ3) is 16.5. The van der Waals surface area contributed by atoms with Gasteiger partial charge in [-0.2, -0.15) is 0 Å². The Morgan fingerprint density at radius 3 is 2.05 bits per heavy atom. The Morgan fingerprint density at radius 2 is 1.43 bits per heavy atom. The maximum atomic E-state index is 13.9. The number of hydrogen-bond acceptors (Lipinski definition) is 20. The lowest BCUT2D eigenvalue weighted by molar-refractivity contribution is -0.331. The smallest absolute Gasteiger partial charge is 0.394 e. The summed E-state index contributed by atoms with van der Waals surface area (Å²) < 4.78 is 58.2. The Kier molecular flexibility index (Phi) is 22.8. The Balaban J connectivity index is 1.21. The molecule has 3 heterocycles. The highest BCUT2D eigenvalue weighted by atomic mass is 31.3. The molecule has 28 heteroatoms. The van der Waals surface area contributed by atoms with Crippen LogP contribution in [0.25, 0.3) is 10.8 Å². The summed E-state index contributed by atoms with van der Waals surface area (Å²) in [5.74, 6) is -4.43. The minimum atomic E-state index is -5.54. The van der Waals surface area contributed by atoms with Crippen molar-refractivity contribution in [1.82, 2.24) is 20.9 Å². The maximum absolute atomic E-state index is 13.9. The first-order valence-corrected chi connectivity index (χ1v) is 28.6. The molecule has 5 amide bonds. The van der Waals surface area contributed by atoms with E-state index in [9.17, 15) is 72.9 Å². The van der Waals surface area contributed by atoms with E-state index in [2.05, 4.69) is 32.5 Å². The number of hydrogen-bond donors (Lipinski definition) is 10. The molecule has 0 aliphatic carbocycles. The molecule has 2 fully saturated rings. The molecule has 2 saturated heterocycles. The number of unbranched alkanes of at least 4 members (excludes halogenated alkanes) is 2. The van der Waals surface area contributed by atoms with E-state index in [0.29, 0.717) is 42.4 Å². The van der Waals surface area contributed by atoms with Crippen LogP contribution in [0.2, 0.25) is 0 Å². The minimum absolute atomic E-state index is 0.0355. The van der Waals surface area contributed by atoms with Crippen LogP contribution in [0.15, 0.2) is 30.3 Å². The second-order valence-corrected chi connectivity index (χ2v) is 22.4. The van der Waals surface area contributed by atoms with E-state index >= 15 is 0 Å². The number of nitrogens with one attached hydrogen (secondary N) is 4. The second-order valence-electron chi connectivity index (χ2n) is 19.0. The topological polar surface area (TPSA) is 382 Å². The molecule has 5 rings (SSSR count). The third-order valence-corrected chi connectivity index (χ3v) is 15.6. The molecule has 0 bridgehead atoms. The van der Waals surface area contributed by atoms with E-state index < -0.39 is 137 Å². The van der Waals surface area contributed by atoms with Gasteiger partial charge in [-0.25, -0.2) is 8.88 Å². The monoisotopic (exact) mass is 1120 g/mol. The zero-order valence-electron chi connectivity index (χ0n) is 43.2. The number of nitrogens with zero attached hydrogens (tertiary/aromatic N) is 1. The number of phosphoric acid groups is 1. The summed E-state index contributed by atoms with van der Waals surface area (Å²) in [6.45, 7) is 6.33. The van der Waals surface area contributed by atoms with Gasteiger partial charge in [0.1, 0.15) is 60.6 Å². The van der Waals surface area contributed by atoms with Crippen LogP contribution >= 0.6 is 15.4 Å². The van der Waals surface area contributed by atoms with Crippen molar-refractivity contribution >= 4 is 73.0 Å². The number of ether oxygens (including phenoxy) is 4. The summed E-state index contributed by atoms with van der Waals surface area (Å²) in [6, 6.07) is 5.43. The van der Waals surface area contributed by atoms with Crippen molar-refractivity contribution in [3.05, 3.63) is 41.5 Å². The van der Waals surface area contributed by atoms with Crippen molar-refractivity contribution in [1.29, 1.82) is 0 Å². The van der Waals surface area contributed by atoms with E-state index in [-0.39, 0.29) is 38.1 Å². The van der Waals surface area contributed by atoms with E-state index in [4.69, 9.17) is 23.5 Å². The fourth-order valence-electron chi connectivity index (χ4n) is 9.27. The molecular formula is C48H71N5O21P2. The Morgan fingerprint density at radius 1 is 0.789 bits per heavy atom. The molecule has 0 saturated carbocycles. The van der Waals surface area contributed by atoms with Crippen LogP contribution in [-0.2, 0) is 60.9 Å². The van der Waals surface area contributed by atoms with Gasteiger partial charge >= 0.3 is 15.4 Å². The molecule has 2 aromatic carbocycles. The van der Waals surface area contributed by atoms with Gasteiger partial charge in [-0.1, -0.05) is 31.9 Å². The lowest BCUT2D eigenvalue weighted by Crippen LogP contribution is -2.70. The quantitative estimate of drug-likeness (QED) is 0.0310. The average molecular weight is 1120 g/mol. The predicted octanol–water partition coefficient (Wildman–Crippen LogP) is 1.15. The van der Waals surface area contributed by atoms with Crippen LogP contribution in [0.1, 0.15) is 107 Å². The highest BCUT2D eigenvalue weighted by Gasteiger charge is 2.55. The fourth-order valence-corrected chi connectivity index (χ4v) is 11.4. The van der Waals surface area contributed by atoms with Crippen molar-refractivity contribution in [2.24, 2.45) is 5.92 Å². The van der Waals surface area contributed by atoms with Gasteiger partial charge in [-0.15, -0.1) is 0 Å². The van der Waals surface area contributed by atoms with Gasteiger partial charge in [0.2, 0.25) is 17.7 Å². The predicted molar refractivity (Wildman–Crippen MR) is 268 cm³/mol. The standard InChI is InChI=1S/C48H71N5O21P2/c1-7-8-20-49-33-17-16-32-38-30(33)13-11-14-31(38)45(63)53(46(32)64)22-19-37(60)50-21-10-9-12-29(25(2)56)15-18-34(59)26(3)69-44-40(52-28(5)58)48(73-76(67,68)74-75(6,65)66)71-36(24-55)43(44)72-47-39(51-27(4)57)42(62)41(61)35(23-54)70-47/h11,13-14,16-17,26,29,35-36,39-44,47-49,54-55,61-62H,7-10,12,15,18-24H2,1-6H3,(H,50,60)(H,51,57)(H,52,58)(H,65,66)(H,67,68)/t26-,29-,35?,36?,39?,40?,41?,42?,43?,44?,47?,48?/m1/s1. The van der Waals surface area contributed by atoms with E-state index in [1.165, 1.54) is 13.8 Å². The number of carbonyl (C=O) groups is 7. The summed E-state index contributed by atoms with van der Waals surface area (Å²) in [5.41, 5.74) is 1.57. The maximum Gasteiger partial charge on any atom is 0.481 e. The molecule has 76 heavy (non-hydrogen) atoms. The number of amides is 5. The zero-order chi connectivity index (χ0) is 56.2. The lowest BCUT2D eigenvalue weighted by Gasteiger charge is -2.49. The number of anilines is 1. The number of imide groups is 1. The Bertz CT molecular complexity index is 2490. The van der Waals surface area contributed by atoms with Crippen molar-refractivity contribution in [2.45, 2.75) is 153 Å². The van der Waals surface area contributed by atoms with Crippen LogP contribution in [0.4, 0.5) is 5.69 Å². The van der Waals surface area contributed by atoms with E-state index in [1.807, 2.05) is 12.1 Å². The first-order valence-electron chi connectivity index (χ1n) is 25.0. The average Bonchev–Trinajstić information content (AvgIpc) is 3.34. The first-order chi connectivity index (χ1) is 35.8. The molecule has 3 aliphatic heterocycles. The summed E-state index contributed by atoms with van der Waals surface area (Å²) in [7, 11) is -10.3. The molecule has 424 valence electrons. The number of rotatable bonds is 29. The Hall–Kier alpha value is -4.63. The highest BCUT2D eigenvalue weighted by molar-refractivity contribution is 7.63. The number of Topliss-reactive ketones (excluding diaryl/α,β-unsaturated/α-hetero) is 2. The highest BCUT2D eigenvalue weighted by Crippen LogP contribution is 2.59. The van der Waals surface area contributed by atoms with Gasteiger partial charge < -0.3 is 70.4 Å². The van der Waals surface area contributed by atoms with Crippen LogP contribution in [0, 0.1) is 5.92 Å².